The van der Waals surface area contributed by atoms with Gasteiger partial charge in [-0.25, -0.2) is 0 Å². The van der Waals surface area contributed by atoms with Gasteiger partial charge in [-0.05, 0) is 19.3 Å². The van der Waals surface area contributed by atoms with E-state index in [1.807, 2.05) is 6.08 Å². The Morgan fingerprint density at radius 3 is 2.00 bits per heavy atom. The van der Waals surface area contributed by atoms with E-state index in [2.05, 4.69) is 6.58 Å². The molecule has 0 aliphatic heterocycles. The van der Waals surface area contributed by atoms with E-state index in [0.29, 0.717) is 5.84 Å². The Morgan fingerprint density at radius 1 is 1.00 bits per heavy atom. The van der Waals surface area contributed by atoms with E-state index in [9.17, 15) is 0 Å². The summed E-state index contributed by atoms with van der Waals surface area (Å²) >= 11 is 0. The van der Waals surface area contributed by atoms with Gasteiger partial charge in [-0.3, -0.25) is 5.41 Å². The minimum atomic E-state index is 0.330. The van der Waals surface area contributed by atoms with Crippen LogP contribution in [0.2, 0.25) is 0 Å². The molecule has 0 saturated carbocycles. The first kappa shape index (κ1) is 13.2. The van der Waals surface area contributed by atoms with Gasteiger partial charge in [-0.1, -0.05) is 38.2 Å². The predicted molar refractivity (Wildman–Crippen MR) is 63.7 cm³/mol. The molecule has 0 aliphatic rings. The average Bonchev–Trinajstić information content (AvgIpc) is 2.15. The second kappa shape index (κ2) is 10.3. The molecule has 0 bridgehead atoms. The number of nitrogens with two attached hydrogens (primary N) is 1. The van der Waals surface area contributed by atoms with Crippen LogP contribution in [-0.2, 0) is 0 Å². The van der Waals surface area contributed by atoms with Crippen LogP contribution in [0.1, 0.15) is 57.8 Å². The summed E-state index contributed by atoms with van der Waals surface area (Å²) in [7, 11) is 0. The fraction of sp³-hybridized carbons (Fsp3) is 0.750. The molecular formula is C12H24N2. The lowest BCUT2D eigenvalue weighted by Crippen LogP contribution is -2.08. The molecule has 0 aliphatic carbocycles. The van der Waals surface area contributed by atoms with E-state index < -0.39 is 0 Å². The molecule has 0 saturated heterocycles. The third-order valence-corrected chi connectivity index (χ3v) is 2.35. The van der Waals surface area contributed by atoms with Crippen LogP contribution in [-0.4, -0.2) is 5.84 Å². The zero-order valence-corrected chi connectivity index (χ0v) is 9.23. The zero-order valence-electron chi connectivity index (χ0n) is 9.23. The van der Waals surface area contributed by atoms with Gasteiger partial charge in [-0.2, -0.15) is 0 Å². The lowest BCUT2D eigenvalue weighted by Gasteiger charge is -2.00. The molecule has 3 N–H and O–H groups in total. The molecule has 0 spiro atoms. The van der Waals surface area contributed by atoms with Crippen molar-refractivity contribution in [1.82, 2.24) is 0 Å². The number of hydrogen-bond acceptors (Lipinski definition) is 1. The Kier molecular flexibility index (Phi) is 9.71. The molecule has 2 heteroatoms. The number of amidine groups is 1. The molecular weight excluding hydrogens is 172 g/mol. The van der Waals surface area contributed by atoms with E-state index in [0.717, 1.165) is 19.3 Å². The van der Waals surface area contributed by atoms with Crippen molar-refractivity contribution in [3.63, 3.8) is 0 Å². The summed E-state index contributed by atoms with van der Waals surface area (Å²) in [5.41, 5.74) is 5.26. The van der Waals surface area contributed by atoms with Gasteiger partial charge in [-0.15, -0.1) is 6.58 Å². The van der Waals surface area contributed by atoms with Crippen LogP contribution in [0.4, 0.5) is 0 Å². The van der Waals surface area contributed by atoms with Crippen LogP contribution in [0.5, 0.6) is 0 Å². The topological polar surface area (TPSA) is 49.9 Å². The number of allylic oxidation sites excluding steroid dienone is 1. The number of hydrogen-bond donors (Lipinski definition) is 2. The second-order valence-corrected chi connectivity index (χ2v) is 3.83. The van der Waals surface area contributed by atoms with Gasteiger partial charge in [0.05, 0.1) is 5.84 Å². The fourth-order valence-corrected chi connectivity index (χ4v) is 1.49. The first-order valence-electron chi connectivity index (χ1n) is 5.71. The Morgan fingerprint density at radius 2 is 1.50 bits per heavy atom. The van der Waals surface area contributed by atoms with Crippen molar-refractivity contribution in [2.45, 2.75) is 57.8 Å². The van der Waals surface area contributed by atoms with Gasteiger partial charge in [0, 0.05) is 6.42 Å². The van der Waals surface area contributed by atoms with Crippen molar-refractivity contribution in [3.05, 3.63) is 12.7 Å². The SMILES string of the molecule is C=CCCCCCCCCCC(=N)N. The first-order valence-corrected chi connectivity index (χ1v) is 5.71. The van der Waals surface area contributed by atoms with Crippen LogP contribution < -0.4 is 5.73 Å². The smallest absolute Gasteiger partial charge is 0.0905 e. The molecule has 0 heterocycles. The molecule has 0 aromatic heterocycles. The van der Waals surface area contributed by atoms with Crippen molar-refractivity contribution >= 4 is 5.84 Å². The minimum absolute atomic E-state index is 0.330. The van der Waals surface area contributed by atoms with Crippen LogP contribution in [0.25, 0.3) is 0 Å². The van der Waals surface area contributed by atoms with Crippen LogP contribution in [0, 0.1) is 5.41 Å². The number of rotatable bonds is 10. The van der Waals surface area contributed by atoms with Crippen molar-refractivity contribution in [2.75, 3.05) is 0 Å². The van der Waals surface area contributed by atoms with Gasteiger partial charge in [0.15, 0.2) is 0 Å². The predicted octanol–water partition coefficient (Wildman–Crippen LogP) is 3.62. The third kappa shape index (κ3) is 11.2. The summed E-state index contributed by atoms with van der Waals surface area (Å²) in [6.45, 7) is 3.70. The maximum atomic E-state index is 7.06. The molecule has 2 nitrogen and oxygen atoms in total. The van der Waals surface area contributed by atoms with Crippen LogP contribution in [0.3, 0.4) is 0 Å². The molecule has 0 atom stereocenters. The highest BCUT2D eigenvalue weighted by Crippen LogP contribution is 2.09. The lowest BCUT2D eigenvalue weighted by molar-refractivity contribution is 0.586. The quantitative estimate of drug-likeness (QED) is 0.238. The maximum absolute atomic E-state index is 7.06. The van der Waals surface area contributed by atoms with Gasteiger partial charge >= 0.3 is 0 Å². The summed E-state index contributed by atoms with van der Waals surface area (Å²) in [5.74, 6) is 0.330. The lowest BCUT2D eigenvalue weighted by atomic mass is 10.1. The molecule has 0 unspecified atom stereocenters. The first-order chi connectivity index (χ1) is 6.77. The number of unbranched alkanes of at least 4 members (excludes halogenated alkanes) is 7. The van der Waals surface area contributed by atoms with Crippen molar-refractivity contribution in [1.29, 1.82) is 5.41 Å². The maximum Gasteiger partial charge on any atom is 0.0905 e. The Balaban J connectivity index is 2.92. The van der Waals surface area contributed by atoms with E-state index in [4.69, 9.17) is 11.1 Å². The molecule has 0 amide bonds. The Hall–Kier alpha value is -0.790. The molecule has 14 heavy (non-hydrogen) atoms. The Labute approximate surface area is 88.1 Å². The summed E-state index contributed by atoms with van der Waals surface area (Å²) in [6, 6.07) is 0. The largest absolute Gasteiger partial charge is 0.388 e. The third-order valence-electron chi connectivity index (χ3n) is 2.35. The molecule has 82 valence electrons. The zero-order chi connectivity index (χ0) is 10.6. The van der Waals surface area contributed by atoms with E-state index >= 15 is 0 Å². The summed E-state index contributed by atoms with van der Waals surface area (Å²) < 4.78 is 0. The monoisotopic (exact) mass is 196 g/mol. The molecule has 0 radical (unpaired) electrons. The van der Waals surface area contributed by atoms with Crippen molar-refractivity contribution < 1.29 is 0 Å². The summed E-state index contributed by atoms with van der Waals surface area (Å²) in [4.78, 5) is 0. The Bertz CT molecular complexity index is 152. The molecule has 0 rings (SSSR count). The normalized spacial score (nSPS) is 10.0. The van der Waals surface area contributed by atoms with Gasteiger partial charge < -0.3 is 5.73 Å². The van der Waals surface area contributed by atoms with Gasteiger partial charge in [0.1, 0.15) is 0 Å². The fourth-order valence-electron chi connectivity index (χ4n) is 1.49. The second-order valence-electron chi connectivity index (χ2n) is 3.83. The van der Waals surface area contributed by atoms with Crippen LogP contribution in [0.15, 0.2) is 12.7 Å². The highest BCUT2D eigenvalue weighted by Gasteiger charge is 1.92. The van der Waals surface area contributed by atoms with Crippen LogP contribution >= 0.6 is 0 Å². The average molecular weight is 196 g/mol. The molecule has 0 fully saturated rings. The van der Waals surface area contributed by atoms with E-state index in [1.54, 1.807) is 0 Å². The van der Waals surface area contributed by atoms with E-state index in [-0.39, 0.29) is 0 Å². The summed E-state index contributed by atoms with van der Waals surface area (Å²) in [6.07, 6.45) is 12.8. The summed E-state index contributed by atoms with van der Waals surface area (Å²) in [5, 5.41) is 7.06. The van der Waals surface area contributed by atoms with Crippen molar-refractivity contribution in [2.24, 2.45) is 5.73 Å². The highest BCUT2D eigenvalue weighted by molar-refractivity contribution is 5.76. The van der Waals surface area contributed by atoms with Crippen molar-refractivity contribution in [3.8, 4) is 0 Å². The minimum Gasteiger partial charge on any atom is -0.388 e. The van der Waals surface area contributed by atoms with Gasteiger partial charge in [0.2, 0.25) is 0 Å². The highest BCUT2D eigenvalue weighted by atomic mass is 14.7. The number of nitrogens with one attached hydrogen (secondary N) is 1. The van der Waals surface area contributed by atoms with E-state index in [1.165, 1.54) is 38.5 Å². The molecule has 0 aromatic carbocycles. The molecule has 0 aromatic rings. The standard InChI is InChI=1S/C12H24N2/c1-2-3-4-5-6-7-8-9-10-11-12(13)14/h2H,1,3-11H2,(H3,13,14). The van der Waals surface area contributed by atoms with Gasteiger partial charge in [0.25, 0.3) is 0 Å².